The number of aryl methyl sites for hydroxylation is 1. The third-order valence-corrected chi connectivity index (χ3v) is 3.95. The zero-order valence-electron chi connectivity index (χ0n) is 14.7. The Morgan fingerprint density at radius 3 is 2.43 bits per heavy atom. The summed E-state index contributed by atoms with van der Waals surface area (Å²) in [5.41, 5.74) is -1.39. The van der Waals surface area contributed by atoms with E-state index in [1.165, 1.54) is 7.05 Å². The van der Waals surface area contributed by atoms with E-state index < -0.39 is 41.2 Å². The molecule has 1 N–H and O–H groups in total. The Hall–Kier alpha value is -3.24. The van der Waals surface area contributed by atoms with Gasteiger partial charge in [0.1, 0.15) is 17.2 Å². The number of carbonyl (C=O) groups excluding carboxylic acids is 1. The molecule has 0 unspecified atom stereocenters. The Labute approximate surface area is 155 Å². The zero-order chi connectivity index (χ0) is 20.6. The fourth-order valence-electron chi connectivity index (χ4n) is 2.78. The van der Waals surface area contributed by atoms with E-state index in [-0.39, 0.29) is 23.4 Å². The number of rotatable bonds is 5. The van der Waals surface area contributed by atoms with E-state index in [4.69, 9.17) is 0 Å². The van der Waals surface area contributed by atoms with Crippen molar-refractivity contribution in [3.63, 3.8) is 0 Å². The van der Waals surface area contributed by atoms with Gasteiger partial charge in [-0.2, -0.15) is 10.2 Å². The summed E-state index contributed by atoms with van der Waals surface area (Å²) in [4.78, 5) is 12.4. The van der Waals surface area contributed by atoms with Crippen molar-refractivity contribution in [3.8, 4) is 5.69 Å². The third-order valence-electron chi connectivity index (χ3n) is 3.95. The number of nitrogens with one attached hydrogen (secondary N) is 1. The molecule has 11 heteroatoms. The first-order valence-corrected chi connectivity index (χ1v) is 8.07. The van der Waals surface area contributed by atoms with E-state index in [9.17, 15) is 26.7 Å². The summed E-state index contributed by atoms with van der Waals surface area (Å²) in [5.74, 6) is -4.33. The van der Waals surface area contributed by atoms with Gasteiger partial charge >= 0.3 is 0 Å². The molecule has 0 aliphatic heterocycles. The number of hydrogen-bond acceptors (Lipinski definition) is 3. The minimum absolute atomic E-state index is 0.0692. The molecule has 0 atom stereocenters. The number of aromatic nitrogens is 4. The van der Waals surface area contributed by atoms with Crippen LogP contribution in [0, 0.1) is 17.5 Å². The van der Waals surface area contributed by atoms with E-state index in [0.717, 1.165) is 21.8 Å². The summed E-state index contributed by atoms with van der Waals surface area (Å²) in [7, 11) is 1.39. The molecular formula is C17H14F5N5O. The zero-order valence-corrected chi connectivity index (χ0v) is 14.7. The molecule has 2 heterocycles. The molecule has 0 saturated carbocycles. The van der Waals surface area contributed by atoms with Gasteiger partial charge in [-0.05, 0) is 6.42 Å². The number of hydrogen-bond donors (Lipinski definition) is 1. The molecule has 0 spiro atoms. The number of benzene rings is 1. The van der Waals surface area contributed by atoms with Crippen molar-refractivity contribution in [2.75, 3.05) is 5.32 Å². The molecule has 0 aliphatic carbocycles. The highest BCUT2D eigenvalue weighted by molar-refractivity contribution is 6.05. The predicted octanol–water partition coefficient (Wildman–Crippen LogP) is 3.78. The van der Waals surface area contributed by atoms with Crippen LogP contribution in [-0.4, -0.2) is 25.5 Å². The van der Waals surface area contributed by atoms with Crippen molar-refractivity contribution in [1.29, 1.82) is 0 Å². The average Bonchev–Trinajstić information content (AvgIpc) is 3.17. The van der Waals surface area contributed by atoms with Crippen LogP contribution < -0.4 is 5.32 Å². The number of amides is 1. The maximum Gasteiger partial charge on any atom is 0.282 e. The molecule has 6 nitrogen and oxygen atoms in total. The molecule has 0 fully saturated rings. The monoisotopic (exact) mass is 399 g/mol. The molecule has 1 amide bonds. The Morgan fingerprint density at radius 2 is 1.86 bits per heavy atom. The van der Waals surface area contributed by atoms with Crippen LogP contribution in [0.15, 0.2) is 24.5 Å². The summed E-state index contributed by atoms with van der Waals surface area (Å²) in [6.45, 7) is 1.64. The van der Waals surface area contributed by atoms with Crippen LogP contribution in [0.4, 0.5) is 27.6 Å². The Bertz CT molecular complexity index is 1020. The third kappa shape index (κ3) is 3.47. The van der Waals surface area contributed by atoms with E-state index >= 15 is 0 Å². The molecule has 0 bridgehead atoms. The Morgan fingerprint density at radius 1 is 1.21 bits per heavy atom. The van der Waals surface area contributed by atoms with Gasteiger partial charge in [0.2, 0.25) is 0 Å². The largest absolute Gasteiger partial charge is 0.319 e. The van der Waals surface area contributed by atoms with Crippen LogP contribution >= 0.6 is 0 Å². The lowest BCUT2D eigenvalue weighted by atomic mass is 10.2. The van der Waals surface area contributed by atoms with E-state index in [2.05, 4.69) is 15.5 Å². The fourth-order valence-corrected chi connectivity index (χ4v) is 2.78. The van der Waals surface area contributed by atoms with Gasteiger partial charge in [0, 0.05) is 25.4 Å². The minimum atomic E-state index is -2.96. The second kappa shape index (κ2) is 7.41. The SMILES string of the molecule is CCc1c(NC(=O)c2cn(C)nc2C(F)F)cnn1-c1c(F)cc(F)cc1F. The van der Waals surface area contributed by atoms with Crippen molar-refractivity contribution >= 4 is 11.6 Å². The molecule has 2 aromatic heterocycles. The van der Waals surface area contributed by atoms with Gasteiger partial charge in [-0.3, -0.25) is 9.48 Å². The standard InChI is InChI=1S/C17H14F5N5O/c1-3-13-12(24-17(28)9-7-26(2)25-14(9)16(21)22)6-23-27(13)15-10(19)4-8(18)5-11(15)20/h4-7,16H,3H2,1-2H3,(H,24,28). The van der Waals surface area contributed by atoms with Crippen LogP contribution in [0.1, 0.15) is 35.1 Å². The average molecular weight is 399 g/mol. The molecule has 28 heavy (non-hydrogen) atoms. The fraction of sp³-hybridized carbons (Fsp3) is 0.235. The van der Waals surface area contributed by atoms with Gasteiger partial charge in [-0.15, -0.1) is 0 Å². The number of halogens is 5. The number of alkyl halides is 2. The van der Waals surface area contributed by atoms with Crippen LogP contribution in [-0.2, 0) is 13.5 Å². The molecular weight excluding hydrogens is 385 g/mol. The molecule has 0 radical (unpaired) electrons. The van der Waals surface area contributed by atoms with Crippen molar-refractivity contribution in [1.82, 2.24) is 19.6 Å². The highest BCUT2D eigenvalue weighted by Gasteiger charge is 2.25. The molecule has 3 rings (SSSR count). The molecule has 148 valence electrons. The maximum atomic E-state index is 14.1. The lowest BCUT2D eigenvalue weighted by Gasteiger charge is -2.10. The molecule has 0 saturated heterocycles. The highest BCUT2D eigenvalue weighted by Crippen LogP contribution is 2.26. The molecule has 1 aromatic carbocycles. The summed E-state index contributed by atoms with van der Waals surface area (Å²) in [6, 6.07) is 1.00. The van der Waals surface area contributed by atoms with Crippen molar-refractivity contribution in [2.45, 2.75) is 19.8 Å². The van der Waals surface area contributed by atoms with Gasteiger partial charge in [0.25, 0.3) is 12.3 Å². The number of anilines is 1. The highest BCUT2D eigenvalue weighted by atomic mass is 19.3. The molecule has 0 aliphatic rings. The van der Waals surface area contributed by atoms with Crippen LogP contribution in [0.25, 0.3) is 5.69 Å². The lowest BCUT2D eigenvalue weighted by Crippen LogP contribution is -2.15. The van der Waals surface area contributed by atoms with Crippen molar-refractivity contribution in [3.05, 3.63) is 58.9 Å². The smallest absolute Gasteiger partial charge is 0.282 e. The van der Waals surface area contributed by atoms with Crippen LogP contribution in [0.5, 0.6) is 0 Å². The first kappa shape index (κ1) is 19.5. The number of nitrogens with zero attached hydrogens (tertiary/aromatic N) is 4. The van der Waals surface area contributed by atoms with Gasteiger partial charge in [0.15, 0.2) is 11.6 Å². The topological polar surface area (TPSA) is 64.7 Å². The normalized spacial score (nSPS) is 11.3. The minimum Gasteiger partial charge on any atom is -0.319 e. The Kier molecular flexibility index (Phi) is 5.16. The van der Waals surface area contributed by atoms with Gasteiger partial charge in [0.05, 0.1) is 23.1 Å². The number of carbonyl (C=O) groups is 1. The van der Waals surface area contributed by atoms with E-state index in [0.29, 0.717) is 12.1 Å². The van der Waals surface area contributed by atoms with Gasteiger partial charge in [-0.1, -0.05) is 6.92 Å². The Balaban J connectivity index is 1.99. The van der Waals surface area contributed by atoms with Gasteiger partial charge < -0.3 is 5.32 Å². The van der Waals surface area contributed by atoms with E-state index in [1.54, 1.807) is 6.92 Å². The quantitative estimate of drug-likeness (QED) is 0.665. The predicted molar refractivity (Wildman–Crippen MR) is 88.9 cm³/mol. The molecule has 3 aromatic rings. The second-order valence-electron chi connectivity index (χ2n) is 5.84. The summed E-state index contributed by atoms with van der Waals surface area (Å²) >= 11 is 0. The lowest BCUT2D eigenvalue weighted by molar-refractivity contribution is 0.101. The maximum absolute atomic E-state index is 14.1. The summed E-state index contributed by atoms with van der Waals surface area (Å²) in [5, 5.41) is 9.80. The van der Waals surface area contributed by atoms with Gasteiger partial charge in [-0.25, -0.2) is 26.6 Å². The second-order valence-corrected chi connectivity index (χ2v) is 5.84. The van der Waals surface area contributed by atoms with Crippen molar-refractivity contribution < 1.29 is 26.7 Å². The van der Waals surface area contributed by atoms with Crippen molar-refractivity contribution in [2.24, 2.45) is 7.05 Å². The first-order chi connectivity index (χ1) is 13.2. The summed E-state index contributed by atoms with van der Waals surface area (Å²) < 4.78 is 69.3. The first-order valence-electron chi connectivity index (χ1n) is 8.07. The van der Waals surface area contributed by atoms with E-state index in [1.807, 2.05) is 0 Å². The van der Waals surface area contributed by atoms with Crippen LogP contribution in [0.3, 0.4) is 0 Å². The summed E-state index contributed by atoms with van der Waals surface area (Å²) in [6.07, 6.45) is -0.526. The van der Waals surface area contributed by atoms with Crippen LogP contribution in [0.2, 0.25) is 0 Å².